The molecular weight excluding hydrogens is 244 g/mol. The van der Waals surface area contributed by atoms with E-state index in [1.165, 1.54) is 12.3 Å². The SMILES string of the molecule is NC(=O)c1[c]c(C(=O)N2CCC(F)(F)C2)ccn1. The molecule has 1 aliphatic rings. The van der Waals surface area contributed by atoms with Gasteiger partial charge in [-0.3, -0.25) is 14.6 Å². The molecule has 0 atom stereocenters. The Morgan fingerprint density at radius 2 is 2.22 bits per heavy atom. The smallest absolute Gasteiger partial charge is 0.267 e. The number of carbonyl (C=O) groups excluding carboxylic acids is 2. The van der Waals surface area contributed by atoms with Gasteiger partial charge in [0.15, 0.2) is 0 Å². The largest absolute Gasteiger partial charge is 0.364 e. The summed E-state index contributed by atoms with van der Waals surface area (Å²) in [6, 6.07) is 3.74. The van der Waals surface area contributed by atoms with E-state index < -0.39 is 24.3 Å². The second-order valence-corrected chi connectivity index (χ2v) is 4.03. The Morgan fingerprint density at radius 3 is 2.78 bits per heavy atom. The summed E-state index contributed by atoms with van der Waals surface area (Å²) in [5.41, 5.74) is 4.82. The van der Waals surface area contributed by atoms with E-state index in [1.807, 2.05) is 0 Å². The van der Waals surface area contributed by atoms with Crippen LogP contribution in [0.15, 0.2) is 12.3 Å². The first-order valence-electron chi connectivity index (χ1n) is 5.24. The van der Waals surface area contributed by atoms with Gasteiger partial charge in [-0.2, -0.15) is 0 Å². The number of pyridine rings is 1. The number of primary amides is 1. The number of rotatable bonds is 2. The molecule has 1 fully saturated rings. The summed E-state index contributed by atoms with van der Waals surface area (Å²) in [5.74, 6) is -4.27. The molecule has 0 unspecified atom stereocenters. The van der Waals surface area contributed by atoms with Crippen LogP contribution in [0, 0.1) is 6.07 Å². The van der Waals surface area contributed by atoms with E-state index in [9.17, 15) is 18.4 Å². The lowest BCUT2D eigenvalue weighted by atomic mass is 10.2. The van der Waals surface area contributed by atoms with Crippen molar-refractivity contribution in [3.05, 3.63) is 29.6 Å². The van der Waals surface area contributed by atoms with Gasteiger partial charge in [0.05, 0.1) is 12.1 Å². The Morgan fingerprint density at radius 1 is 1.50 bits per heavy atom. The van der Waals surface area contributed by atoms with Crippen molar-refractivity contribution in [1.29, 1.82) is 0 Å². The lowest BCUT2D eigenvalue weighted by Crippen LogP contribution is -2.31. The first kappa shape index (κ1) is 12.4. The topological polar surface area (TPSA) is 76.3 Å². The number of likely N-dealkylation sites (tertiary alicyclic amines) is 1. The standard InChI is InChI=1S/C11H10F2N3O2/c12-11(13)2-4-16(6-11)10(18)7-1-3-15-8(5-7)9(14)17/h1,3H,2,4,6H2,(H2,14,17). The van der Waals surface area contributed by atoms with Crippen molar-refractivity contribution < 1.29 is 18.4 Å². The summed E-state index contributed by atoms with van der Waals surface area (Å²) in [6.45, 7) is -0.637. The van der Waals surface area contributed by atoms with E-state index in [1.54, 1.807) is 0 Å². The molecule has 0 aromatic carbocycles. The third kappa shape index (κ3) is 2.44. The van der Waals surface area contributed by atoms with Crippen molar-refractivity contribution in [3.8, 4) is 0 Å². The van der Waals surface area contributed by atoms with Crippen LogP contribution in [0.1, 0.15) is 27.3 Å². The van der Waals surface area contributed by atoms with Gasteiger partial charge < -0.3 is 10.6 Å². The van der Waals surface area contributed by atoms with Crippen LogP contribution in [-0.4, -0.2) is 40.7 Å². The van der Waals surface area contributed by atoms with Crippen LogP contribution in [0.2, 0.25) is 0 Å². The van der Waals surface area contributed by atoms with E-state index in [0.29, 0.717) is 0 Å². The van der Waals surface area contributed by atoms with Gasteiger partial charge in [0.25, 0.3) is 17.7 Å². The zero-order valence-electron chi connectivity index (χ0n) is 9.32. The highest BCUT2D eigenvalue weighted by molar-refractivity contribution is 5.97. The molecule has 95 valence electrons. The highest BCUT2D eigenvalue weighted by Gasteiger charge is 2.40. The molecule has 1 radical (unpaired) electrons. The molecule has 2 heterocycles. The molecule has 0 aliphatic carbocycles. The molecule has 2 amide bonds. The molecule has 1 aromatic rings. The molecule has 18 heavy (non-hydrogen) atoms. The van der Waals surface area contributed by atoms with Crippen LogP contribution in [0.5, 0.6) is 0 Å². The summed E-state index contributed by atoms with van der Waals surface area (Å²) in [6.07, 6.45) is 0.866. The van der Waals surface area contributed by atoms with E-state index in [0.717, 1.165) is 4.90 Å². The number of halogens is 2. The predicted octanol–water partition coefficient (Wildman–Crippen LogP) is 0.462. The molecule has 1 aliphatic heterocycles. The predicted molar refractivity (Wildman–Crippen MR) is 57.1 cm³/mol. The fraction of sp³-hybridized carbons (Fsp3) is 0.364. The number of amides is 2. The normalized spacial score (nSPS) is 17.8. The summed E-state index contributed by atoms with van der Waals surface area (Å²) in [5, 5.41) is 0. The van der Waals surface area contributed by atoms with Gasteiger partial charge in [0, 0.05) is 25.2 Å². The molecule has 1 saturated heterocycles. The van der Waals surface area contributed by atoms with Gasteiger partial charge >= 0.3 is 0 Å². The van der Waals surface area contributed by atoms with Crippen LogP contribution in [0.25, 0.3) is 0 Å². The molecule has 2 N–H and O–H groups in total. The van der Waals surface area contributed by atoms with Gasteiger partial charge in [-0.15, -0.1) is 0 Å². The van der Waals surface area contributed by atoms with E-state index in [4.69, 9.17) is 5.73 Å². The maximum Gasteiger partial charge on any atom is 0.267 e. The number of hydrogen-bond acceptors (Lipinski definition) is 3. The fourth-order valence-electron chi connectivity index (χ4n) is 1.72. The minimum absolute atomic E-state index is 0.0106. The first-order valence-corrected chi connectivity index (χ1v) is 5.24. The number of carbonyl (C=O) groups is 2. The average Bonchev–Trinajstić information content (AvgIpc) is 2.69. The lowest BCUT2D eigenvalue weighted by Gasteiger charge is -2.15. The van der Waals surface area contributed by atoms with Crippen LogP contribution >= 0.6 is 0 Å². The molecule has 1 aromatic heterocycles. The molecule has 7 heteroatoms. The van der Waals surface area contributed by atoms with Crippen molar-refractivity contribution >= 4 is 11.8 Å². The molecule has 5 nitrogen and oxygen atoms in total. The highest BCUT2D eigenvalue weighted by Crippen LogP contribution is 2.27. The quantitative estimate of drug-likeness (QED) is 0.833. The Bertz CT molecular complexity index is 505. The van der Waals surface area contributed by atoms with E-state index >= 15 is 0 Å². The number of alkyl halides is 2. The van der Waals surface area contributed by atoms with Crippen LogP contribution in [-0.2, 0) is 0 Å². The molecule has 0 saturated carbocycles. The van der Waals surface area contributed by atoms with Crippen molar-refractivity contribution in [3.63, 3.8) is 0 Å². The molecule has 0 bridgehead atoms. The zero-order chi connectivity index (χ0) is 13.3. The summed E-state index contributed by atoms with van der Waals surface area (Å²) in [7, 11) is 0. The van der Waals surface area contributed by atoms with E-state index in [2.05, 4.69) is 11.1 Å². The van der Waals surface area contributed by atoms with Crippen molar-refractivity contribution in [1.82, 2.24) is 9.88 Å². The third-order valence-corrected chi connectivity index (χ3v) is 2.62. The van der Waals surface area contributed by atoms with Gasteiger partial charge in [0.1, 0.15) is 5.69 Å². The zero-order valence-corrected chi connectivity index (χ0v) is 9.32. The monoisotopic (exact) mass is 254 g/mol. The summed E-state index contributed by atoms with van der Waals surface area (Å²) < 4.78 is 26.0. The third-order valence-electron chi connectivity index (χ3n) is 2.62. The number of aromatic nitrogens is 1. The molecule has 2 rings (SSSR count). The second kappa shape index (κ2) is 4.32. The van der Waals surface area contributed by atoms with Crippen LogP contribution < -0.4 is 5.73 Å². The summed E-state index contributed by atoms with van der Waals surface area (Å²) in [4.78, 5) is 27.4. The van der Waals surface area contributed by atoms with Crippen molar-refractivity contribution in [2.24, 2.45) is 5.73 Å². The first-order chi connectivity index (χ1) is 8.39. The highest BCUT2D eigenvalue weighted by atomic mass is 19.3. The lowest BCUT2D eigenvalue weighted by molar-refractivity contribution is 0.0120. The van der Waals surface area contributed by atoms with E-state index in [-0.39, 0.29) is 24.2 Å². The number of nitrogens with zero attached hydrogens (tertiary/aromatic N) is 2. The Balaban J connectivity index is 2.19. The van der Waals surface area contributed by atoms with Gasteiger partial charge in [-0.1, -0.05) is 0 Å². The Labute approximate surface area is 102 Å². The van der Waals surface area contributed by atoms with Crippen molar-refractivity contribution in [2.45, 2.75) is 12.3 Å². The van der Waals surface area contributed by atoms with Crippen LogP contribution in [0.3, 0.4) is 0 Å². The Kier molecular flexibility index (Phi) is 2.98. The summed E-state index contributed by atoms with van der Waals surface area (Å²) >= 11 is 0. The molecule has 0 spiro atoms. The maximum absolute atomic E-state index is 13.0. The van der Waals surface area contributed by atoms with Gasteiger partial charge in [-0.05, 0) is 6.07 Å². The minimum atomic E-state index is -2.85. The fourth-order valence-corrected chi connectivity index (χ4v) is 1.72. The number of nitrogens with two attached hydrogens (primary N) is 1. The van der Waals surface area contributed by atoms with Crippen molar-refractivity contribution in [2.75, 3.05) is 13.1 Å². The van der Waals surface area contributed by atoms with Crippen LogP contribution in [0.4, 0.5) is 8.78 Å². The van der Waals surface area contributed by atoms with Gasteiger partial charge in [-0.25, -0.2) is 8.78 Å². The Hall–Kier alpha value is -2.05. The number of hydrogen-bond donors (Lipinski definition) is 1. The average molecular weight is 254 g/mol. The second-order valence-electron chi connectivity index (χ2n) is 4.03. The molecular formula is C11H10F2N3O2. The minimum Gasteiger partial charge on any atom is -0.364 e. The maximum atomic E-state index is 13.0. The van der Waals surface area contributed by atoms with Gasteiger partial charge in [0.2, 0.25) is 0 Å².